The van der Waals surface area contributed by atoms with Crippen LogP contribution in [0.3, 0.4) is 0 Å². The monoisotopic (exact) mass is 200 g/mol. The average Bonchev–Trinajstić information content (AvgIpc) is 2.03. The normalized spacial score (nSPS) is 10.0. The van der Waals surface area contributed by atoms with Gasteiger partial charge in [0.1, 0.15) is 5.69 Å². The van der Waals surface area contributed by atoms with Gasteiger partial charge < -0.3 is 5.73 Å². The summed E-state index contributed by atoms with van der Waals surface area (Å²) in [7, 11) is 0. The van der Waals surface area contributed by atoms with Crippen LogP contribution in [0.2, 0.25) is 5.02 Å². The zero-order valence-corrected chi connectivity index (χ0v) is 7.84. The molecule has 0 saturated heterocycles. The van der Waals surface area contributed by atoms with Gasteiger partial charge in [-0.2, -0.15) is 0 Å². The molecule has 1 aromatic carbocycles. The van der Waals surface area contributed by atoms with Crippen LogP contribution in [0, 0.1) is 10.1 Å². The lowest BCUT2D eigenvalue weighted by molar-refractivity contribution is -0.383. The van der Waals surface area contributed by atoms with Crippen LogP contribution in [0.25, 0.3) is 0 Å². The molecule has 0 saturated carbocycles. The van der Waals surface area contributed by atoms with Crippen molar-refractivity contribution in [3.63, 3.8) is 0 Å². The first kappa shape index (κ1) is 9.80. The molecular weight excluding hydrogens is 192 g/mol. The number of hydrogen-bond acceptors (Lipinski definition) is 3. The molecule has 0 aliphatic heterocycles. The number of halogens is 1. The molecule has 2 N–H and O–H groups in total. The van der Waals surface area contributed by atoms with Crippen molar-refractivity contribution in [3.8, 4) is 0 Å². The van der Waals surface area contributed by atoms with Gasteiger partial charge in [0.15, 0.2) is 0 Å². The van der Waals surface area contributed by atoms with Crippen LogP contribution in [0.4, 0.5) is 11.4 Å². The van der Waals surface area contributed by atoms with E-state index in [4.69, 9.17) is 17.3 Å². The van der Waals surface area contributed by atoms with Crippen molar-refractivity contribution in [2.24, 2.45) is 0 Å². The third-order valence-corrected chi connectivity index (χ3v) is 2.13. The lowest BCUT2D eigenvalue weighted by Crippen LogP contribution is -1.97. The molecule has 0 aliphatic carbocycles. The number of benzene rings is 1. The van der Waals surface area contributed by atoms with Gasteiger partial charge in [0.2, 0.25) is 0 Å². The standard InChI is InChI=1S/C8H9ClN2O2/c1-2-5-3-8(11(12)13)7(10)4-6(5)9/h3-4H,2,10H2,1H3. The Balaban J connectivity index is 3.30. The number of nitro benzene ring substituents is 1. The summed E-state index contributed by atoms with van der Waals surface area (Å²) in [6.07, 6.45) is 0.653. The third-order valence-electron chi connectivity index (χ3n) is 1.77. The van der Waals surface area contributed by atoms with Gasteiger partial charge in [-0.25, -0.2) is 0 Å². The average molecular weight is 201 g/mol. The number of nitro groups is 1. The smallest absolute Gasteiger partial charge is 0.292 e. The molecule has 0 bridgehead atoms. The summed E-state index contributed by atoms with van der Waals surface area (Å²) in [6.45, 7) is 1.88. The van der Waals surface area contributed by atoms with E-state index in [0.29, 0.717) is 11.4 Å². The van der Waals surface area contributed by atoms with Crippen molar-refractivity contribution in [2.45, 2.75) is 13.3 Å². The second-order valence-electron chi connectivity index (χ2n) is 2.61. The van der Waals surface area contributed by atoms with Crippen molar-refractivity contribution in [1.82, 2.24) is 0 Å². The first-order valence-corrected chi connectivity index (χ1v) is 4.16. The number of hydrogen-bond donors (Lipinski definition) is 1. The van der Waals surface area contributed by atoms with Crippen molar-refractivity contribution in [2.75, 3.05) is 5.73 Å². The fourth-order valence-corrected chi connectivity index (χ4v) is 1.36. The SMILES string of the molecule is CCc1cc([N+](=O)[O-])c(N)cc1Cl. The molecule has 0 aliphatic rings. The summed E-state index contributed by atoms with van der Waals surface area (Å²) in [5, 5.41) is 11.0. The van der Waals surface area contributed by atoms with E-state index < -0.39 is 4.92 Å². The van der Waals surface area contributed by atoms with Gasteiger partial charge in [-0.3, -0.25) is 10.1 Å². The van der Waals surface area contributed by atoms with Crippen LogP contribution < -0.4 is 5.73 Å². The number of nitrogens with two attached hydrogens (primary N) is 1. The van der Waals surface area contributed by atoms with Gasteiger partial charge in [-0.15, -0.1) is 0 Å². The van der Waals surface area contributed by atoms with E-state index in [0.717, 1.165) is 5.56 Å². The molecule has 0 heterocycles. The van der Waals surface area contributed by atoms with E-state index in [1.54, 1.807) is 0 Å². The highest BCUT2D eigenvalue weighted by atomic mass is 35.5. The summed E-state index contributed by atoms with van der Waals surface area (Å²) in [4.78, 5) is 9.97. The lowest BCUT2D eigenvalue weighted by Gasteiger charge is -2.02. The minimum atomic E-state index is -0.509. The number of nitrogens with zero attached hydrogens (tertiary/aromatic N) is 1. The van der Waals surface area contributed by atoms with Crippen molar-refractivity contribution < 1.29 is 4.92 Å². The molecule has 1 aromatic rings. The maximum atomic E-state index is 10.5. The number of aryl methyl sites for hydroxylation is 1. The molecular formula is C8H9ClN2O2. The maximum Gasteiger partial charge on any atom is 0.292 e. The molecule has 0 unspecified atom stereocenters. The Morgan fingerprint density at radius 1 is 1.62 bits per heavy atom. The molecule has 0 atom stereocenters. The zero-order chi connectivity index (χ0) is 10.0. The third kappa shape index (κ3) is 1.89. The maximum absolute atomic E-state index is 10.5. The minimum absolute atomic E-state index is 0.0822. The summed E-state index contributed by atoms with van der Waals surface area (Å²) < 4.78 is 0. The van der Waals surface area contributed by atoms with Gasteiger partial charge in [0, 0.05) is 11.1 Å². The first-order chi connectivity index (χ1) is 6.06. The van der Waals surface area contributed by atoms with Gasteiger partial charge in [0.25, 0.3) is 5.69 Å². The van der Waals surface area contributed by atoms with Crippen LogP contribution >= 0.6 is 11.6 Å². The highest BCUT2D eigenvalue weighted by molar-refractivity contribution is 6.31. The van der Waals surface area contributed by atoms with Crippen LogP contribution in [0.5, 0.6) is 0 Å². The summed E-state index contributed by atoms with van der Waals surface area (Å²) in [5.41, 5.74) is 6.18. The Morgan fingerprint density at radius 3 is 2.69 bits per heavy atom. The van der Waals surface area contributed by atoms with E-state index in [1.807, 2.05) is 6.92 Å². The minimum Gasteiger partial charge on any atom is -0.393 e. The summed E-state index contributed by atoms with van der Waals surface area (Å²) in [6, 6.07) is 2.83. The van der Waals surface area contributed by atoms with Gasteiger partial charge >= 0.3 is 0 Å². The number of rotatable bonds is 2. The van der Waals surface area contributed by atoms with Crippen molar-refractivity contribution >= 4 is 23.0 Å². The quantitative estimate of drug-likeness (QED) is 0.453. The molecule has 0 aromatic heterocycles. The van der Waals surface area contributed by atoms with E-state index in [2.05, 4.69) is 0 Å². The van der Waals surface area contributed by atoms with Gasteiger partial charge in [-0.05, 0) is 18.1 Å². The summed E-state index contributed by atoms with van der Waals surface area (Å²) in [5.74, 6) is 0. The van der Waals surface area contributed by atoms with Crippen LogP contribution in [-0.2, 0) is 6.42 Å². The fraction of sp³-hybridized carbons (Fsp3) is 0.250. The zero-order valence-electron chi connectivity index (χ0n) is 7.08. The molecule has 0 fully saturated rings. The van der Waals surface area contributed by atoms with E-state index in [9.17, 15) is 10.1 Å². The molecule has 70 valence electrons. The number of nitrogen functional groups attached to an aromatic ring is 1. The van der Waals surface area contributed by atoms with Crippen LogP contribution in [0.1, 0.15) is 12.5 Å². The van der Waals surface area contributed by atoms with Crippen LogP contribution in [0.15, 0.2) is 12.1 Å². The van der Waals surface area contributed by atoms with E-state index >= 15 is 0 Å². The molecule has 4 nitrogen and oxygen atoms in total. The second kappa shape index (κ2) is 3.62. The number of anilines is 1. The molecule has 5 heteroatoms. The van der Waals surface area contributed by atoms with Crippen molar-refractivity contribution in [3.05, 3.63) is 32.8 Å². The topological polar surface area (TPSA) is 69.2 Å². The Bertz CT molecular complexity index is 352. The molecule has 0 spiro atoms. The van der Waals surface area contributed by atoms with Crippen molar-refractivity contribution in [1.29, 1.82) is 0 Å². The van der Waals surface area contributed by atoms with Crippen LogP contribution in [-0.4, -0.2) is 4.92 Å². The fourth-order valence-electron chi connectivity index (χ4n) is 1.05. The molecule has 0 amide bonds. The van der Waals surface area contributed by atoms with E-state index in [-0.39, 0.29) is 11.4 Å². The Morgan fingerprint density at radius 2 is 2.23 bits per heavy atom. The Hall–Kier alpha value is -1.29. The Labute approximate surface area is 80.5 Å². The molecule has 1 rings (SSSR count). The largest absolute Gasteiger partial charge is 0.393 e. The molecule has 13 heavy (non-hydrogen) atoms. The van der Waals surface area contributed by atoms with Gasteiger partial charge in [0.05, 0.1) is 4.92 Å². The lowest BCUT2D eigenvalue weighted by atomic mass is 10.1. The van der Waals surface area contributed by atoms with Gasteiger partial charge in [-0.1, -0.05) is 18.5 Å². The Kier molecular flexibility index (Phi) is 2.72. The first-order valence-electron chi connectivity index (χ1n) is 3.78. The predicted molar refractivity (Wildman–Crippen MR) is 51.9 cm³/mol. The highest BCUT2D eigenvalue weighted by Crippen LogP contribution is 2.28. The highest BCUT2D eigenvalue weighted by Gasteiger charge is 2.13. The predicted octanol–water partition coefficient (Wildman–Crippen LogP) is 2.39. The second-order valence-corrected chi connectivity index (χ2v) is 3.02. The summed E-state index contributed by atoms with van der Waals surface area (Å²) >= 11 is 5.80. The molecule has 0 radical (unpaired) electrons. The van der Waals surface area contributed by atoms with E-state index in [1.165, 1.54) is 12.1 Å².